The summed E-state index contributed by atoms with van der Waals surface area (Å²) in [6.45, 7) is 4.71. The van der Waals surface area contributed by atoms with E-state index in [0.717, 1.165) is 9.84 Å². The van der Waals surface area contributed by atoms with Crippen molar-refractivity contribution in [1.29, 1.82) is 0 Å². The standard InChI is InChI=1S/C5H10IN/c1-4-2-7-3-5(4)6/h4-5,7H,2-3H2,1H3. The highest BCUT2D eigenvalue weighted by atomic mass is 127. The quantitative estimate of drug-likeness (QED) is 0.466. The van der Waals surface area contributed by atoms with Crippen LogP contribution in [0.15, 0.2) is 0 Å². The summed E-state index contributed by atoms with van der Waals surface area (Å²) in [5.41, 5.74) is 0. The molecule has 0 bridgehead atoms. The Morgan fingerprint density at radius 3 is 2.43 bits per heavy atom. The molecule has 2 heteroatoms. The molecule has 1 heterocycles. The summed E-state index contributed by atoms with van der Waals surface area (Å²) in [5, 5.41) is 3.31. The van der Waals surface area contributed by atoms with Gasteiger partial charge >= 0.3 is 0 Å². The minimum atomic E-state index is 0.873. The first-order chi connectivity index (χ1) is 3.30. The minimum absolute atomic E-state index is 0.873. The Morgan fingerprint density at radius 2 is 2.29 bits per heavy atom. The van der Waals surface area contributed by atoms with Crippen molar-refractivity contribution in [2.75, 3.05) is 13.1 Å². The van der Waals surface area contributed by atoms with Crippen molar-refractivity contribution in [1.82, 2.24) is 5.32 Å². The smallest absolute Gasteiger partial charge is 0.0272 e. The van der Waals surface area contributed by atoms with E-state index >= 15 is 0 Å². The van der Waals surface area contributed by atoms with Crippen LogP contribution in [-0.2, 0) is 0 Å². The molecular weight excluding hydrogens is 201 g/mol. The fourth-order valence-corrected chi connectivity index (χ4v) is 1.34. The van der Waals surface area contributed by atoms with E-state index in [1.54, 1.807) is 0 Å². The van der Waals surface area contributed by atoms with Crippen LogP contribution in [0, 0.1) is 5.92 Å². The summed E-state index contributed by atoms with van der Waals surface area (Å²) in [6, 6.07) is 0. The highest BCUT2D eigenvalue weighted by molar-refractivity contribution is 14.1. The van der Waals surface area contributed by atoms with E-state index in [1.165, 1.54) is 13.1 Å². The first-order valence-electron chi connectivity index (χ1n) is 2.65. The van der Waals surface area contributed by atoms with Crippen molar-refractivity contribution in [2.45, 2.75) is 10.8 Å². The van der Waals surface area contributed by atoms with Crippen LogP contribution < -0.4 is 5.32 Å². The summed E-state index contributed by atoms with van der Waals surface area (Å²) in [5.74, 6) is 0.889. The summed E-state index contributed by atoms with van der Waals surface area (Å²) >= 11 is 2.50. The van der Waals surface area contributed by atoms with Crippen molar-refractivity contribution in [3.8, 4) is 0 Å². The molecule has 0 aromatic rings. The Morgan fingerprint density at radius 1 is 1.57 bits per heavy atom. The molecule has 0 spiro atoms. The topological polar surface area (TPSA) is 12.0 Å². The second-order valence-corrected chi connectivity index (χ2v) is 3.75. The lowest BCUT2D eigenvalue weighted by atomic mass is 10.2. The van der Waals surface area contributed by atoms with Crippen molar-refractivity contribution < 1.29 is 0 Å². The van der Waals surface area contributed by atoms with Gasteiger partial charge in [-0.1, -0.05) is 29.5 Å². The van der Waals surface area contributed by atoms with Crippen LogP contribution in [0.3, 0.4) is 0 Å². The molecular formula is C5H10IN. The molecule has 2 atom stereocenters. The minimum Gasteiger partial charge on any atom is -0.315 e. The van der Waals surface area contributed by atoms with Crippen LogP contribution in [0.25, 0.3) is 0 Å². The molecule has 1 rings (SSSR count). The van der Waals surface area contributed by atoms with Gasteiger partial charge in [0, 0.05) is 10.5 Å². The third-order valence-electron chi connectivity index (χ3n) is 1.42. The fraction of sp³-hybridized carbons (Fsp3) is 1.00. The van der Waals surface area contributed by atoms with Gasteiger partial charge in [-0.05, 0) is 12.5 Å². The Kier molecular flexibility index (Phi) is 1.92. The summed E-state index contributed by atoms with van der Waals surface area (Å²) < 4.78 is 0.873. The van der Waals surface area contributed by atoms with E-state index < -0.39 is 0 Å². The van der Waals surface area contributed by atoms with E-state index in [0.29, 0.717) is 0 Å². The third-order valence-corrected chi connectivity index (χ3v) is 3.09. The molecule has 1 aliphatic rings. The molecule has 0 radical (unpaired) electrons. The Hall–Kier alpha value is 0.690. The maximum atomic E-state index is 3.31. The second kappa shape index (κ2) is 2.31. The lowest BCUT2D eigenvalue weighted by Crippen LogP contribution is -2.07. The van der Waals surface area contributed by atoms with Crippen LogP contribution >= 0.6 is 22.6 Å². The first-order valence-corrected chi connectivity index (χ1v) is 3.90. The van der Waals surface area contributed by atoms with Gasteiger partial charge in [-0.3, -0.25) is 0 Å². The monoisotopic (exact) mass is 211 g/mol. The zero-order chi connectivity index (χ0) is 5.28. The summed E-state index contributed by atoms with van der Waals surface area (Å²) in [6.07, 6.45) is 0. The van der Waals surface area contributed by atoms with Gasteiger partial charge in [0.1, 0.15) is 0 Å². The van der Waals surface area contributed by atoms with E-state index in [1.807, 2.05) is 0 Å². The van der Waals surface area contributed by atoms with Gasteiger partial charge in [-0.15, -0.1) is 0 Å². The molecule has 2 unspecified atom stereocenters. The van der Waals surface area contributed by atoms with Gasteiger partial charge in [0.05, 0.1) is 0 Å². The predicted octanol–water partition coefficient (Wildman–Crippen LogP) is 1.03. The fourth-order valence-electron chi connectivity index (χ4n) is 0.778. The maximum Gasteiger partial charge on any atom is 0.0272 e. The summed E-state index contributed by atoms with van der Waals surface area (Å²) in [7, 11) is 0. The van der Waals surface area contributed by atoms with E-state index in [-0.39, 0.29) is 0 Å². The highest BCUT2D eigenvalue weighted by Gasteiger charge is 2.18. The van der Waals surface area contributed by atoms with Crippen molar-refractivity contribution in [2.24, 2.45) is 5.92 Å². The van der Waals surface area contributed by atoms with Crippen LogP contribution in [-0.4, -0.2) is 17.0 Å². The zero-order valence-corrected chi connectivity index (χ0v) is 6.60. The molecule has 1 N–H and O–H groups in total. The molecule has 1 fully saturated rings. The molecule has 42 valence electrons. The highest BCUT2D eigenvalue weighted by Crippen LogP contribution is 2.15. The van der Waals surface area contributed by atoms with E-state index in [2.05, 4.69) is 34.8 Å². The molecule has 0 saturated carbocycles. The predicted molar refractivity (Wildman–Crippen MR) is 39.8 cm³/mol. The lowest BCUT2D eigenvalue weighted by molar-refractivity contribution is 0.674. The molecule has 1 nitrogen and oxygen atoms in total. The molecule has 7 heavy (non-hydrogen) atoms. The van der Waals surface area contributed by atoms with Gasteiger partial charge in [0.15, 0.2) is 0 Å². The van der Waals surface area contributed by atoms with Crippen LogP contribution in [0.4, 0.5) is 0 Å². The number of rotatable bonds is 0. The van der Waals surface area contributed by atoms with Crippen LogP contribution in [0.5, 0.6) is 0 Å². The normalized spacial score (nSPS) is 42.0. The lowest BCUT2D eigenvalue weighted by Gasteiger charge is -2.01. The van der Waals surface area contributed by atoms with Gasteiger partial charge in [0.25, 0.3) is 0 Å². The zero-order valence-electron chi connectivity index (χ0n) is 4.45. The number of nitrogens with one attached hydrogen (secondary N) is 1. The SMILES string of the molecule is CC1CNCC1I. The maximum absolute atomic E-state index is 3.31. The number of alkyl halides is 1. The molecule has 0 aromatic heterocycles. The van der Waals surface area contributed by atoms with Crippen LogP contribution in [0.1, 0.15) is 6.92 Å². The van der Waals surface area contributed by atoms with Gasteiger partial charge in [-0.2, -0.15) is 0 Å². The van der Waals surface area contributed by atoms with Crippen LogP contribution in [0.2, 0.25) is 0 Å². The molecule has 0 aliphatic carbocycles. The molecule has 0 aromatic carbocycles. The molecule has 0 amide bonds. The molecule has 1 aliphatic heterocycles. The Balaban J connectivity index is 2.33. The van der Waals surface area contributed by atoms with Gasteiger partial charge in [0.2, 0.25) is 0 Å². The Bertz CT molecular complexity index is 57.1. The van der Waals surface area contributed by atoms with Gasteiger partial charge < -0.3 is 5.32 Å². The number of hydrogen-bond acceptors (Lipinski definition) is 1. The largest absolute Gasteiger partial charge is 0.315 e. The molecule has 1 saturated heterocycles. The van der Waals surface area contributed by atoms with Crippen molar-refractivity contribution in [3.05, 3.63) is 0 Å². The summed E-state index contributed by atoms with van der Waals surface area (Å²) in [4.78, 5) is 0. The number of halogens is 1. The van der Waals surface area contributed by atoms with Crippen molar-refractivity contribution in [3.63, 3.8) is 0 Å². The first kappa shape index (κ1) is 5.82. The number of hydrogen-bond donors (Lipinski definition) is 1. The van der Waals surface area contributed by atoms with E-state index in [9.17, 15) is 0 Å². The average Bonchev–Trinajstić information content (AvgIpc) is 1.91. The van der Waals surface area contributed by atoms with E-state index in [4.69, 9.17) is 0 Å². The Labute approximate surface area is 58.0 Å². The third kappa shape index (κ3) is 1.29. The average molecular weight is 211 g/mol. The second-order valence-electron chi connectivity index (χ2n) is 2.15. The van der Waals surface area contributed by atoms with Gasteiger partial charge in [-0.25, -0.2) is 0 Å². The van der Waals surface area contributed by atoms with Crippen molar-refractivity contribution >= 4 is 22.6 Å².